The van der Waals surface area contributed by atoms with Crippen LogP contribution in [0.2, 0.25) is 0 Å². The SMILES string of the molecule is C[C@@H]1CN(Cc2cccc(F)c2F)Cc2ccccc2O1. The van der Waals surface area contributed by atoms with Crippen LogP contribution in [0.4, 0.5) is 8.78 Å². The molecule has 0 fully saturated rings. The first kappa shape index (κ1) is 14.0. The fourth-order valence-electron chi connectivity index (χ4n) is 2.70. The van der Waals surface area contributed by atoms with E-state index in [1.165, 1.54) is 0 Å². The fraction of sp³-hybridized carbons (Fsp3) is 0.294. The largest absolute Gasteiger partial charge is 0.489 e. The number of hydrogen-bond acceptors (Lipinski definition) is 2. The highest BCUT2D eigenvalue weighted by Crippen LogP contribution is 2.26. The lowest BCUT2D eigenvalue weighted by molar-refractivity contribution is 0.155. The third kappa shape index (κ3) is 3.05. The van der Waals surface area contributed by atoms with Gasteiger partial charge in [0.05, 0.1) is 0 Å². The molecule has 0 N–H and O–H groups in total. The molecule has 1 aliphatic rings. The molecule has 0 aromatic heterocycles. The van der Waals surface area contributed by atoms with Crippen LogP contribution in [0.3, 0.4) is 0 Å². The topological polar surface area (TPSA) is 12.5 Å². The second-order valence-electron chi connectivity index (χ2n) is 5.42. The fourth-order valence-corrected chi connectivity index (χ4v) is 2.70. The van der Waals surface area contributed by atoms with Gasteiger partial charge < -0.3 is 4.74 Å². The Balaban J connectivity index is 1.84. The highest BCUT2D eigenvalue weighted by Gasteiger charge is 2.21. The number of rotatable bonds is 2. The summed E-state index contributed by atoms with van der Waals surface area (Å²) >= 11 is 0. The van der Waals surface area contributed by atoms with Gasteiger partial charge in [0.25, 0.3) is 0 Å². The molecule has 0 spiro atoms. The zero-order valence-corrected chi connectivity index (χ0v) is 11.9. The second kappa shape index (κ2) is 5.82. The van der Waals surface area contributed by atoms with Gasteiger partial charge in [-0.15, -0.1) is 0 Å². The minimum absolute atomic E-state index is 0.00488. The third-order valence-electron chi connectivity index (χ3n) is 3.64. The number of halogens is 2. The average Bonchev–Trinajstić information content (AvgIpc) is 2.61. The highest BCUT2D eigenvalue weighted by atomic mass is 19.2. The van der Waals surface area contributed by atoms with Crippen molar-refractivity contribution in [1.29, 1.82) is 0 Å². The molecule has 0 saturated carbocycles. The summed E-state index contributed by atoms with van der Waals surface area (Å²) < 4.78 is 33.0. The van der Waals surface area contributed by atoms with E-state index >= 15 is 0 Å². The maximum Gasteiger partial charge on any atom is 0.163 e. The molecule has 1 aliphatic heterocycles. The van der Waals surface area contributed by atoms with Gasteiger partial charge in [-0.3, -0.25) is 4.90 Å². The Morgan fingerprint density at radius 1 is 1.14 bits per heavy atom. The van der Waals surface area contributed by atoms with Crippen molar-refractivity contribution < 1.29 is 13.5 Å². The van der Waals surface area contributed by atoms with Crippen LogP contribution in [-0.2, 0) is 13.1 Å². The molecule has 0 saturated heterocycles. The second-order valence-corrected chi connectivity index (χ2v) is 5.42. The molecule has 0 unspecified atom stereocenters. The monoisotopic (exact) mass is 289 g/mol. The minimum atomic E-state index is -0.799. The Morgan fingerprint density at radius 2 is 1.95 bits per heavy atom. The van der Waals surface area contributed by atoms with E-state index in [0.29, 0.717) is 25.2 Å². The van der Waals surface area contributed by atoms with Crippen LogP contribution in [0.15, 0.2) is 42.5 Å². The average molecular weight is 289 g/mol. The summed E-state index contributed by atoms with van der Waals surface area (Å²) in [6.45, 7) is 3.68. The lowest BCUT2D eigenvalue weighted by Gasteiger charge is -2.22. The van der Waals surface area contributed by atoms with Gasteiger partial charge in [-0.1, -0.05) is 30.3 Å². The summed E-state index contributed by atoms with van der Waals surface area (Å²) in [5.41, 5.74) is 1.44. The number of benzene rings is 2. The van der Waals surface area contributed by atoms with Crippen molar-refractivity contribution in [2.45, 2.75) is 26.1 Å². The molecule has 3 rings (SSSR count). The molecule has 1 atom stereocenters. The molecule has 110 valence electrons. The number of nitrogens with zero attached hydrogens (tertiary/aromatic N) is 1. The third-order valence-corrected chi connectivity index (χ3v) is 3.64. The minimum Gasteiger partial charge on any atom is -0.489 e. The normalized spacial score (nSPS) is 18.7. The van der Waals surface area contributed by atoms with Crippen LogP contribution < -0.4 is 4.74 Å². The highest BCUT2D eigenvalue weighted by molar-refractivity contribution is 5.34. The summed E-state index contributed by atoms with van der Waals surface area (Å²) in [4.78, 5) is 2.08. The Morgan fingerprint density at radius 3 is 2.81 bits per heavy atom. The van der Waals surface area contributed by atoms with Crippen LogP contribution in [0.25, 0.3) is 0 Å². The Hall–Kier alpha value is -1.94. The lowest BCUT2D eigenvalue weighted by Crippen LogP contribution is -2.30. The molecule has 21 heavy (non-hydrogen) atoms. The number of hydrogen-bond donors (Lipinski definition) is 0. The van der Waals surface area contributed by atoms with E-state index in [1.807, 2.05) is 31.2 Å². The number of ether oxygens (including phenoxy) is 1. The van der Waals surface area contributed by atoms with Crippen molar-refractivity contribution >= 4 is 0 Å². The molecule has 0 amide bonds. The predicted molar refractivity (Wildman–Crippen MR) is 77.0 cm³/mol. The molecule has 1 heterocycles. The Kier molecular flexibility index (Phi) is 3.88. The van der Waals surface area contributed by atoms with Crippen LogP contribution in [0.1, 0.15) is 18.1 Å². The van der Waals surface area contributed by atoms with Gasteiger partial charge in [-0.2, -0.15) is 0 Å². The van der Waals surface area contributed by atoms with Gasteiger partial charge in [0.15, 0.2) is 11.6 Å². The van der Waals surface area contributed by atoms with Crippen molar-refractivity contribution in [2.24, 2.45) is 0 Å². The molecule has 2 aromatic carbocycles. The maximum atomic E-state index is 13.8. The number of fused-ring (bicyclic) bond motifs is 1. The van der Waals surface area contributed by atoms with Crippen LogP contribution in [0.5, 0.6) is 5.75 Å². The summed E-state index contributed by atoms with van der Waals surface area (Å²) in [5, 5.41) is 0. The van der Waals surface area contributed by atoms with Gasteiger partial charge in [-0.25, -0.2) is 8.78 Å². The molecular formula is C17H17F2NO. The summed E-state index contributed by atoms with van der Waals surface area (Å²) in [5.74, 6) is -0.692. The molecular weight excluding hydrogens is 272 g/mol. The van der Waals surface area contributed by atoms with E-state index in [1.54, 1.807) is 12.1 Å². The molecule has 0 radical (unpaired) electrons. The summed E-state index contributed by atoms with van der Waals surface area (Å²) in [7, 11) is 0. The first-order valence-electron chi connectivity index (χ1n) is 7.03. The van der Waals surface area contributed by atoms with Gasteiger partial charge >= 0.3 is 0 Å². The van der Waals surface area contributed by atoms with E-state index in [0.717, 1.165) is 17.4 Å². The number of para-hydroxylation sites is 1. The van der Waals surface area contributed by atoms with E-state index in [2.05, 4.69) is 4.90 Å². The van der Waals surface area contributed by atoms with E-state index in [4.69, 9.17) is 4.74 Å². The molecule has 4 heteroatoms. The maximum absolute atomic E-state index is 13.8. The Bertz CT molecular complexity index is 644. The van der Waals surface area contributed by atoms with Crippen molar-refractivity contribution in [3.63, 3.8) is 0 Å². The van der Waals surface area contributed by atoms with Crippen LogP contribution in [0, 0.1) is 11.6 Å². The van der Waals surface area contributed by atoms with Crippen molar-refractivity contribution in [3.05, 3.63) is 65.2 Å². The van der Waals surface area contributed by atoms with Crippen molar-refractivity contribution in [2.75, 3.05) is 6.54 Å². The zero-order chi connectivity index (χ0) is 14.8. The van der Waals surface area contributed by atoms with Gasteiger partial charge in [-0.05, 0) is 19.1 Å². The van der Waals surface area contributed by atoms with Gasteiger partial charge in [0, 0.05) is 30.8 Å². The van der Waals surface area contributed by atoms with E-state index in [9.17, 15) is 8.78 Å². The molecule has 0 aliphatic carbocycles. The van der Waals surface area contributed by atoms with Gasteiger partial charge in [0.1, 0.15) is 11.9 Å². The van der Waals surface area contributed by atoms with Crippen molar-refractivity contribution in [3.8, 4) is 5.75 Å². The van der Waals surface area contributed by atoms with Gasteiger partial charge in [0.2, 0.25) is 0 Å². The first-order chi connectivity index (χ1) is 10.1. The van der Waals surface area contributed by atoms with Crippen LogP contribution in [-0.4, -0.2) is 17.5 Å². The first-order valence-corrected chi connectivity index (χ1v) is 7.03. The van der Waals surface area contributed by atoms with Crippen molar-refractivity contribution in [1.82, 2.24) is 4.90 Å². The zero-order valence-electron chi connectivity index (χ0n) is 11.9. The quantitative estimate of drug-likeness (QED) is 0.835. The Labute approximate surface area is 123 Å². The molecule has 0 bridgehead atoms. The summed E-state index contributed by atoms with van der Waals surface area (Å²) in [6, 6.07) is 12.1. The standard InChI is InChI=1S/C17H17F2NO/c1-12-9-20(10-13-5-2-3-8-16(13)21-12)11-14-6-4-7-15(18)17(14)19/h2-8,12H,9-11H2,1H3/t12-/m1/s1. The predicted octanol–water partition coefficient (Wildman–Crippen LogP) is 3.75. The lowest BCUT2D eigenvalue weighted by atomic mass is 10.1. The molecule has 2 nitrogen and oxygen atoms in total. The summed E-state index contributed by atoms with van der Waals surface area (Å²) in [6.07, 6.45) is 0.00488. The smallest absolute Gasteiger partial charge is 0.163 e. The van der Waals surface area contributed by atoms with Crippen LogP contribution >= 0.6 is 0 Å². The van der Waals surface area contributed by atoms with E-state index < -0.39 is 11.6 Å². The molecule has 2 aromatic rings. The van der Waals surface area contributed by atoms with E-state index in [-0.39, 0.29) is 6.10 Å².